The van der Waals surface area contributed by atoms with Crippen molar-refractivity contribution in [1.29, 1.82) is 0 Å². The smallest absolute Gasteiger partial charge is 0.456 e. The molecule has 6 heterocycles. The molecule has 0 radical (unpaired) electrons. The highest BCUT2D eigenvalue weighted by atomic mass is 16.7. The second kappa shape index (κ2) is 18.0. The third kappa shape index (κ3) is 8.06. The maximum absolute atomic E-state index is 6.34. The van der Waals surface area contributed by atoms with Gasteiger partial charge in [0.1, 0.15) is 44.7 Å². The van der Waals surface area contributed by atoms with E-state index in [1.807, 2.05) is 91.0 Å². The molecule has 0 unspecified atom stereocenters. The van der Waals surface area contributed by atoms with E-state index in [4.69, 9.17) is 41.9 Å². The van der Waals surface area contributed by atoms with Crippen molar-refractivity contribution in [2.24, 2.45) is 0 Å². The van der Waals surface area contributed by atoms with Gasteiger partial charge in [0, 0.05) is 59.8 Å². The number of fused-ring (bicyclic) bond motifs is 12. The van der Waals surface area contributed by atoms with Gasteiger partial charge >= 0.3 is 7.12 Å². The Hall–Kier alpha value is -9.61. The van der Waals surface area contributed by atoms with Gasteiger partial charge in [-0.25, -0.2) is 15.0 Å². The van der Waals surface area contributed by atoms with Crippen LogP contribution in [0.4, 0.5) is 0 Å². The lowest BCUT2D eigenvalue weighted by molar-refractivity contribution is 0.00578. The summed E-state index contributed by atoms with van der Waals surface area (Å²) in [5, 5.41) is 8.44. The van der Waals surface area contributed by atoms with Gasteiger partial charge in [0.2, 0.25) is 0 Å². The van der Waals surface area contributed by atoms with Crippen LogP contribution in [0.2, 0.25) is 0 Å². The van der Waals surface area contributed by atoms with Crippen LogP contribution < -0.4 is 5.46 Å². The average Bonchev–Trinajstić information content (AvgIpc) is 4.30. The first-order valence-corrected chi connectivity index (χ1v) is 26.5. The Bertz CT molecular complexity index is 4850. The van der Waals surface area contributed by atoms with Crippen LogP contribution in [0.15, 0.2) is 236 Å². The summed E-state index contributed by atoms with van der Waals surface area (Å²) in [6.45, 7) is 8.27. The first-order valence-electron chi connectivity index (χ1n) is 26.5. The van der Waals surface area contributed by atoms with E-state index in [-0.39, 0.29) is 11.2 Å². The Morgan fingerprint density at radius 3 is 1.18 bits per heavy atom. The molecule has 79 heavy (non-hydrogen) atoms. The van der Waals surface area contributed by atoms with E-state index in [9.17, 15) is 0 Å². The number of furan rings is 4. The van der Waals surface area contributed by atoms with Gasteiger partial charge < -0.3 is 27.0 Å². The Morgan fingerprint density at radius 1 is 0.266 bits per heavy atom. The zero-order valence-electron chi connectivity index (χ0n) is 43.7. The average molecular weight is 1030 g/mol. The fraction of sp³-hybridized carbons (Fsp3) is 0.0870. The number of hydrogen-bond donors (Lipinski definition) is 0. The SMILES string of the molecule is CC1(C)OB(c2ccc3oc4cc5c(cc4c3c2)oc2ccccc25)OC1(C)C.c1ccc(-c2ccc(-c3nc(-c4ccccc4)nc(-c4cccc(-c5ccc6oc7cc8c(cc7c6c5)oc5ccccc58)c4)n3)cc2)cc1. The fourth-order valence-electron chi connectivity index (χ4n) is 10.9. The molecule has 10 aromatic carbocycles. The summed E-state index contributed by atoms with van der Waals surface area (Å²) in [5.41, 5.74) is 14.3. The third-order valence-corrected chi connectivity index (χ3v) is 15.9. The van der Waals surface area contributed by atoms with Crippen molar-refractivity contribution >= 4 is 100 Å². The lowest BCUT2D eigenvalue weighted by atomic mass is 9.78. The predicted molar refractivity (Wildman–Crippen MR) is 318 cm³/mol. The van der Waals surface area contributed by atoms with E-state index in [1.54, 1.807) is 0 Å². The summed E-state index contributed by atoms with van der Waals surface area (Å²) in [6.07, 6.45) is 0. The second-order valence-corrected chi connectivity index (χ2v) is 21.3. The normalized spacial score (nSPS) is 14.2. The highest BCUT2D eigenvalue weighted by molar-refractivity contribution is 6.62. The third-order valence-electron chi connectivity index (χ3n) is 15.9. The highest BCUT2D eigenvalue weighted by Crippen LogP contribution is 2.41. The molecule has 0 atom stereocenters. The largest absolute Gasteiger partial charge is 0.494 e. The molecule has 378 valence electrons. The van der Waals surface area contributed by atoms with Crippen LogP contribution in [0.25, 0.3) is 144 Å². The summed E-state index contributed by atoms with van der Waals surface area (Å²) < 4.78 is 37.2. The van der Waals surface area contributed by atoms with Crippen molar-refractivity contribution in [2.75, 3.05) is 0 Å². The molecule has 1 saturated heterocycles. The van der Waals surface area contributed by atoms with Gasteiger partial charge in [0.05, 0.1) is 11.2 Å². The minimum Gasteiger partial charge on any atom is -0.456 e. The van der Waals surface area contributed by atoms with Crippen molar-refractivity contribution in [3.8, 4) is 56.4 Å². The summed E-state index contributed by atoms with van der Waals surface area (Å²) in [5.74, 6) is 1.87. The number of hydrogen-bond acceptors (Lipinski definition) is 9. The van der Waals surface area contributed by atoms with E-state index in [0.29, 0.717) is 17.5 Å². The van der Waals surface area contributed by atoms with Gasteiger partial charge in [-0.15, -0.1) is 0 Å². The first-order chi connectivity index (χ1) is 38.6. The molecule has 0 amide bonds. The molecule has 1 aliphatic rings. The minimum atomic E-state index is -0.399. The zero-order valence-corrected chi connectivity index (χ0v) is 43.7. The van der Waals surface area contributed by atoms with E-state index >= 15 is 0 Å². The van der Waals surface area contributed by atoms with Crippen LogP contribution in [-0.2, 0) is 9.31 Å². The second-order valence-electron chi connectivity index (χ2n) is 21.3. The number of nitrogens with zero attached hydrogens (tertiary/aromatic N) is 3. The Balaban J connectivity index is 0.000000158. The number of rotatable bonds is 6. The fourth-order valence-corrected chi connectivity index (χ4v) is 10.9. The molecular formula is C69H48BN3O6. The molecule has 1 fully saturated rings. The molecule has 0 bridgehead atoms. The van der Waals surface area contributed by atoms with Crippen molar-refractivity contribution in [1.82, 2.24) is 15.0 Å². The molecule has 1 aliphatic heterocycles. The van der Waals surface area contributed by atoms with Gasteiger partial charge in [-0.1, -0.05) is 158 Å². The van der Waals surface area contributed by atoms with Crippen molar-refractivity contribution in [2.45, 2.75) is 38.9 Å². The highest BCUT2D eigenvalue weighted by Gasteiger charge is 2.51. The van der Waals surface area contributed by atoms with Gasteiger partial charge in [-0.2, -0.15) is 0 Å². The molecule has 0 N–H and O–H groups in total. The van der Waals surface area contributed by atoms with E-state index in [0.717, 1.165) is 127 Å². The van der Waals surface area contributed by atoms with E-state index in [1.165, 1.54) is 5.56 Å². The van der Waals surface area contributed by atoms with Crippen LogP contribution in [0.3, 0.4) is 0 Å². The van der Waals surface area contributed by atoms with Crippen molar-refractivity contribution < 1.29 is 27.0 Å². The van der Waals surface area contributed by atoms with E-state index in [2.05, 4.69) is 155 Å². The lowest BCUT2D eigenvalue weighted by Crippen LogP contribution is -2.41. The monoisotopic (exact) mass is 1030 g/mol. The summed E-state index contributed by atoms with van der Waals surface area (Å²) in [4.78, 5) is 14.9. The molecule has 15 aromatic rings. The van der Waals surface area contributed by atoms with Crippen LogP contribution in [0.1, 0.15) is 27.7 Å². The van der Waals surface area contributed by atoms with Gasteiger partial charge in [0.25, 0.3) is 0 Å². The zero-order chi connectivity index (χ0) is 53.0. The maximum Gasteiger partial charge on any atom is 0.494 e. The molecule has 0 spiro atoms. The van der Waals surface area contributed by atoms with Crippen molar-refractivity contribution in [3.63, 3.8) is 0 Å². The summed E-state index contributed by atoms with van der Waals surface area (Å²) in [7, 11) is -0.399. The quantitative estimate of drug-likeness (QED) is 0.150. The molecule has 0 saturated carbocycles. The molecule has 0 aliphatic carbocycles. The molecule has 10 heteroatoms. The topological polar surface area (TPSA) is 110 Å². The van der Waals surface area contributed by atoms with Gasteiger partial charge in [0.15, 0.2) is 17.5 Å². The maximum atomic E-state index is 6.34. The predicted octanol–water partition coefficient (Wildman–Crippen LogP) is 17.8. The minimum absolute atomic E-state index is 0.370. The van der Waals surface area contributed by atoms with Gasteiger partial charge in [-0.05, 0) is 116 Å². The molecule has 16 rings (SSSR count). The van der Waals surface area contributed by atoms with Crippen molar-refractivity contribution in [3.05, 3.63) is 218 Å². The number of benzene rings is 10. The van der Waals surface area contributed by atoms with Crippen LogP contribution in [0.5, 0.6) is 0 Å². The first kappa shape index (κ1) is 46.7. The van der Waals surface area contributed by atoms with E-state index < -0.39 is 7.12 Å². The molecular weight excluding hydrogens is 978 g/mol. The lowest BCUT2D eigenvalue weighted by Gasteiger charge is -2.32. The standard InChI is InChI=1S/C45H27N3O2.C24H21BO4/c1-3-10-28(11-4-1)29-18-20-31(21-19-29)44-46-43(30-12-5-2-6-13-30)47-45(48-44)34-15-9-14-32(24-34)33-22-23-40-36(25-33)38-27-41-37(26-42(38)50-40)35-16-7-8-17-39(35)49-41;1-23(2)24(3,4)29-25(28-23)14-9-10-20-16(11-14)18-13-21-17(12-22(18)27-20)15-7-5-6-8-19(15)26-21/h1-27H;5-13H,1-4H3. The molecule has 9 nitrogen and oxygen atoms in total. The van der Waals surface area contributed by atoms with Gasteiger partial charge in [-0.3, -0.25) is 0 Å². The van der Waals surface area contributed by atoms with Crippen LogP contribution >= 0.6 is 0 Å². The Labute approximate surface area is 453 Å². The summed E-state index contributed by atoms with van der Waals surface area (Å²) in [6, 6.07) is 74.2. The number of para-hydroxylation sites is 2. The van der Waals surface area contributed by atoms with Crippen LogP contribution in [0, 0.1) is 0 Å². The summed E-state index contributed by atoms with van der Waals surface area (Å²) >= 11 is 0. The molecule has 5 aromatic heterocycles. The Morgan fingerprint density at radius 2 is 0.620 bits per heavy atom. The number of aromatic nitrogens is 3. The Kier molecular flexibility index (Phi) is 10.6. The van der Waals surface area contributed by atoms with Crippen LogP contribution in [-0.4, -0.2) is 33.3 Å².